The van der Waals surface area contributed by atoms with Gasteiger partial charge in [-0.25, -0.2) is 8.42 Å². The second kappa shape index (κ2) is 7.06. The van der Waals surface area contributed by atoms with Gasteiger partial charge >= 0.3 is 0 Å². The minimum atomic E-state index is -3.15. The van der Waals surface area contributed by atoms with Crippen molar-refractivity contribution in [1.29, 1.82) is 0 Å². The van der Waals surface area contributed by atoms with Gasteiger partial charge in [0.1, 0.15) is 12.1 Å². The van der Waals surface area contributed by atoms with Gasteiger partial charge in [-0.3, -0.25) is 9.59 Å². The van der Waals surface area contributed by atoms with Crippen LogP contribution in [0.4, 0.5) is 0 Å². The maximum Gasteiger partial charge on any atom is 0.245 e. The molecule has 0 radical (unpaired) electrons. The van der Waals surface area contributed by atoms with Crippen molar-refractivity contribution in [2.75, 3.05) is 18.1 Å². The lowest BCUT2D eigenvalue weighted by Gasteiger charge is -2.37. The largest absolute Gasteiger partial charge is 0.343 e. The van der Waals surface area contributed by atoms with Crippen LogP contribution in [0, 0.1) is 0 Å². The van der Waals surface area contributed by atoms with Gasteiger partial charge in [0.25, 0.3) is 0 Å². The maximum absolute atomic E-state index is 12.3. The van der Waals surface area contributed by atoms with Crippen molar-refractivity contribution in [1.82, 2.24) is 10.2 Å². The van der Waals surface area contributed by atoms with E-state index < -0.39 is 21.9 Å². The summed E-state index contributed by atoms with van der Waals surface area (Å²) < 4.78 is 23.5. The highest BCUT2D eigenvalue weighted by atomic mass is 32.2. The molecule has 7 heteroatoms. The maximum atomic E-state index is 12.3. The van der Waals surface area contributed by atoms with Gasteiger partial charge < -0.3 is 10.2 Å². The van der Waals surface area contributed by atoms with Crippen LogP contribution in [-0.2, 0) is 19.4 Å². The normalized spacial score (nSPS) is 23.9. The topological polar surface area (TPSA) is 83.6 Å². The number of piperazine rings is 1. The van der Waals surface area contributed by atoms with Crippen LogP contribution in [0.2, 0.25) is 0 Å². The molecule has 1 heterocycles. The smallest absolute Gasteiger partial charge is 0.245 e. The van der Waals surface area contributed by atoms with Crippen molar-refractivity contribution in [3.8, 4) is 0 Å². The predicted octanol–water partition coefficient (Wildman–Crippen LogP) is 0.327. The van der Waals surface area contributed by atoms with E-state index in [0.29, 0.717) is 12.8 Å². The Hall–Kier alpha value is -1.11. The number of sulfone groups is 1. The van der Waals surface area contributed by atoms with Gasteiger partial charge in [0.15, 0.2) is 9.84 Å². The zero-order valence-corrected chi connectivity index (χ0v) is 13.2. The standard InChI is InChI=1S/C13H24N2O4S/c1-4-6-11-13(17)15(10(3)12(16)14-11)7-9-20(18,19)8-5-2/h10-11H,4-9H2,1-3H3,(H,14,16). The van der Waals surface area contributed by atoms with Gasteiger partial charge in [-0.1, -0.05) is 20.3 Å². The van der Waals surface area contributed by atoms with E-state index in [1.807, 2.05) is 6.92 Å². The molecule has 2 amide bonds. The number of rotatable bonds is 7. The summed E-state index contributed by atoms with van der Waals surface area (Å²) in [6, 6.07) is -1.12. The van der Waals surface area contributed by atoms with E-state index in [2.05, 4.69) is 5.32 Å². The fourth-order valence-electron chi connectivity index (χ4n) is 2.33. The van der Waals surface area contributed by atoms with E-state index in [0.717, 1.165) is 6.42 Å². The first-order valence-corrected chi connectivity index (χ1v) is 8.95. The van der Waals surface area contributed by atoms with E-state index in [1.165, 1.54) is 4.90 Å². The number of nitrogens with one attached hydrogen (secondary N) is 1. The van der Waals surface area contributed by atoms with E-state index in [-0.39, 0.29) is 29.9 Å². The molecule has 0 aromatic carbocycles. The molecule has 0 aromatic rings. The number of carbonyl (C=O) groups excluding carboxylic acids is 2. The minimum absolute atomic E-state index is 0.0803. The van der Waals surface area contributed by atoms with Crippen LogP contribution < -0.4 is 5.32 Å². The molecule has 20 heavy (non-hydrogen) atoms. The van der Waals surface area contributed by atoms with Crippen molar-refractivity contribution in [2.45, 2.75) is 52.1 Å². The summed E-state index contributed by atoms with van der Waals surface area (Å²) in [6.07, 6.45) is 1.92. The van der Waals surface area contributed by atoms with Crippen molar-refractivity contribution in [2.24, 2.45) is 0 Å². The Balaban J connectivity index is 2.74. The van der Waals surface area contributed by atoms with Crippen LogP contribution in [0.25, 0.3) is 0 Å². The first-order chi connectivity index (χ1) is 9.32. The number of nitrogens with zero attached hydrogens (tertiary/aromatic N) is 1. The van der Waals surface area contributed by atoms with Crippen molar-refractivity contribution in [3.63, 3.8) is 0 Å². The molecule has 1 fully saturated rings. The zero-order chi connectivity index (χ0) is 15.3. The molecule has 2 unspecified atom stereocenters. The molecule has 0 spiro atoms. The fraction of sp³-hybridized carbons (Fsp3) is 0.846. The van der Waals surface area contributed by atoms with Crippen LogP contribution >= 0.6 is 0 Å². The molecule has 0 aliphatic carbocycles. The van der Waals surface area contributed by atoms with Crippen molar-refractivity contribution < 1.29 is 18.0 Å². The molecule has 0 saturated carbocycles. The SMILES string of the molecule is CCCC1NC(=O)C(C)N(CCS(=O)(=O)CCC)C1=O. The van der Waals surface area contributed by atoms with Crippen LogP contribution in [0.1, 0.15) is 40.0 Å². The molecule has 1 aliphatic heterocycles. The summed E-state index contributed by atoms with van der Waals surface area (Å²) in [6.45, 7) is 5.46. The highest BCUT2D eigenvalue weighted by molar-refractivity contribution is 7.91. The van der Waals surface area contributed by atoms with Gasteiger partial charge in [-0.2, -0.15) is 0 Å². The van der Waals surface area contributed by atoms with Gasteiger partial charge in [-0.15, -0.1) is 0 Å². The van der Waals surface area contributed by atoms with Gasteiger partial charge in [0, 0.05) is 12.3 Å². The molecular formula is C13H24N2O4S. The van der Waals surface area contributed by atoms with Gasteiger partial charge in [0.05, 0.1) is 5.75 Å². The Morgan fingerprint density at radius 1 is 1.15 bits per heavy atom. The van der Waals surface area contributed by atoms with E-state index in [1.54, 1.807) is 13.8 Å². The number of hydrogen-bond acceptors (Lipinski definition) is 4. The second-order valence-electron chi connectivity index (χ2n) is 5.21. The Bertz CT molecular complexity index is 461. The Labute approximate surface area is 120 Å². The van der Waals surface area contributed by atoms with Crippen molar-refractivity contribution in [3.05, 3.63) is 0 Å². The Morgan fingerprint density at radius 3 is 2.35 bits per heavy atom. The Morgan fingerprint density at radius 2 is 1.80 bits per heavy atom. The monoisotopic (exact) mass is 304 g/mol. The first-order valence-electron chi connectivity index (χ1n) is 7.13. The van der Waals surface area contributed by atoms with Crippen LogP contribution in [0.5, 0.6) is 0 Å². The third-order valence-electron chi connectivity index (χ3n) is 3.48. The lowest BCUT2D eigenvalue weighted by atomic mass is 10.0. The molecule has 0 bridgehead atoms. The average Bonchev–Trinajstić information content (AvgIpc) is 2.36. The minimum Gasteiger partial charge on any atom is -0.343 e. The third-order valence-corrected chi connectivity index (χ3v) is 5.32. The first kappa shape index (κ1) is 16.9. The summed E-state index contributed by atoms with van der Waals surface area (Å²) in [5.41, 5.74) is 0. The molecule has 6 nitrogen and oxygen atoms in total. The molecule has 1 aliphatic rings. The van der Waals surface area contributed by atoms with Gasteiger partial charge in [-0.05, 0) is 19.8 Å². The lowest BCUT2D eigenvalue weighted by Crippen LogP contribution is -2.62. The molecular weight excluding hydrogens is 280 g/mol. The molecule has 1 saturated heterocycles. The lowest BCUT2D eigenvalue weighted by molar-refractivity contribution is -0.148. The number of amides is 2. The quantitative estimate of drug-likeness (QED) is 0.734. The summed E-state index contributed by atoms with van der Waals surface area (Å²) in [4.78, 5) is 25.5. The number of hydrogen-bond donors (Lipinski definition) is 1. The fourth-order valence-corrected chi connectivity index (χ4v) is 3.63. The van der Waals surface area contributed by atoms with Crippen LogP contribution in [0.3, 0.4) is 0 Å². The summed E-state index contributed by atoms with van der Waals surface area (Å²) in [5, 5.41) is 2.69. The molecule has 1 N–H and O–H groups in total. The van der Waals surface area contributed by atoms with E-state index in [9.17, 15) is 18.0 Å². The van der Waals surface area contributed by atoms with E-state index in [4.69, 9.17) is 0 Å². The van der Waals surface area contributed by atoms with Gasteiger partial charge in [0.2, 0.25) is 11.8 Å². The highest BCUT2D eigenvalue weighted by Gasteiger charge is 2.37. The van der Waals surface area contributed by atoms with Crippen molar-refractivity contribution >= 4 is 21.7 Å². The summed E-state index contributed by atoms with van der Waals surface area (Å²) >= 11 is 0. The number of carbonyl (C=O) groups is 2. The van der Waals surface area contributed by atoms with E-state index >= 15 is 0 Å². The highest BCUT2D eigenvalue weighted by Crippen LogP contribution is 2.13. The summed E-state index contributed by atoms with van der Waals surface area (Å²) in [7, 11) is -3.15. The van der Waals surface area contributed by atoms with Crippen LogP contribution in [0.15, 0.2) is 0 Å². The Kier molecular flexibility index (Phi) is 5.98. The second-order valence-corrected chi connectivity index (χ2v) is 7.51. The predicted molar refractivity (Wildman–Crippen MR) is 77.0 cm³/mol. The molecule has 1 rings (SSSR count). The van der Waals surface area contributed by atoms with Crippen LogP contribution in [-0.4, -0.2) is 55.3 Å². The molecule has 2 atom stereocenters. The third kappa shape index (κ3) is 4.19. The zero-order valence-electron chi connectivity index (χ0n) is 12.4. The molecule has 0 aromatic heterocycles. The average molecular weight is 304 g/mol. The molecule has 116 valence electrons. The summed E-state index contributed by atoms with van der Waals surface area (Å²) in [5.74, 6) is -0.349.